The van der Waals surface area contributed by atoms with Crippen LogP contribution in [0.3, 0.4) is 0 Å². The highest BCUT2D eigenvalue weighted by molar-refractivity contribution is 5.94. The van der Waals surface area contributed by atoms with Crippen LogP contribution in [0.5, 0.6) is 5.75 Å². The van der Waals surface area contributed by atoms with Crippen molar-refractivity contribution in [2.75, 3.05) is 12.4 Å². The Kier molecular flexibility index (Phi) is 3.10. The summed E-state index contributed by atoms with van der Waals surface area (Å²) < 4.78 is 7.18. The van der Waals surface area contributed by atoms with Crippen molar-refractivity contribution in [1.82, 2.24) is 14.8 Å². The molecule has 0 saturated heterocycles. The van der Waals surface area contributed by atoms with Crippen LogP contribution in [0.25, 0.3) is 0 Å². The molecule has 1 aliphatic carbocycles. The average molecular weight is 298 g/mol. The van der Waals surface area contributed by atoms with Crippen molar-refractivity contribution in [2.45, 2.75) is 37.6 Å². The first kappa shape index (κ1) is 13.3. The number of fused-ring (bicyclic) bond motifs is 1. The van der Waals surface area contributed by atoms with Gasteiger partial charge in [0.05, 0.1) is 7.11 Å². The lowest BCUT2D eigenvalue weighted by Crippen LogP contribution is -2.24. The van der Waals surface area contributed by atoms with E-state index in [0.29, 0.717) is 5.92 Å². The molecule has 1 saturated carbocycles. The largest absolute Gasteiger partial charge is 0.497 e. The van der Waals surface area contributed by atoms with Crippen LogP contribution in [-0.2, 0) is 11.2 Å². The summed E-state index contributed by atoms with van der Waals surface area (Å²) in [6.07, 6.45) is 3.93. The molecule has 1 aliphatic heterocycles. The second kappa shape index (κ2) is 5.12. The zero-order valence-corrected chi connectivity index (χ0v) is 12.5. The van der Waals surface area contributed by atoms with Gasteiger partial charge in [0.1, 0.15) is 23.4 Å². The third-order valence-corrected chi connectivity index (χ3v) is 4.35. The van der Waals surface area contributed by atoms with Gasteiger partial charge >= 0.3 is 0 Å². The van der Waals surface area contributed by atoms with Crippen LogP contribution < -0.4 is 10.1 Å². The summed E-state index contributed by atoms with van der Waals surface area (Å²) in [5.41, 5.74) is 0.778. The molecule has 4 rings (SSSR count). The predicted octanol–water partition coefficient (Wildman–Crippen LogP) is 2.29. The number of carbonyl (C=O) groups excluding carboxylic acids is 1. The number of carbonyl (C=O) groups is 1. The van der Waals surface area contributed by atoms with Gasteiger partial charge in [-0.1, -0.05) is 0 Å². The maximum atomic E-state index is 12.6. The molecule has 1 fully saturated rings. The van der Waals surface area contributed by atoms with Crippen molar-refractivity contribution in [3.63, 3.8) is 0 Å². The predicted molar refractivity (Wildman–Crippen MR) is 81.0 cm³/mol. The van der Waals surface area contributed by atoms with Gasteiger partial charge in [0.15, 0.2) is 0 Å². The lowest BCUT2D eigenvalue weighted by Gasteiger charge is -2.15. The molecule has 0 radical (unpaired) electrons. The van der Waals surface area contributed by atoms with Gasteiger partial charge in [-0.2, -0.15) is 0 Å². The van der Waals surface area contributed by atoms with E-state index >= 15 is 0 Å². The van der Waals surface area contributed by atoms with Gasteiger partial charge in [-0.15, -0.1) is 10.2 Å². The first-order chi connectivity index (χ1) is 10.8. The molecular weight excluding hydrogens is 280 g/mol. The van der Waals surface area contributed by atoms with Gasteiger partial charge in [0, 0.05) is 18.0 Å². The average Bonchev–Trinajstić information content (AvgIpc) is 3.15. The second-order valence-corrected chi connectivity index (χ2v) is 5.89. The van der Waals surface area contributed by atoms with Crippen LogP contribution in [0.1, 0.15) is 42.9 Å². The van der Waals surface area contributed by atoms with E-state index in [9.17, 15) is 4.79 Å². The van der Waals surface area contributed by atoms with Crippen LogP contribution in [0.15, 0.2) is 24.3 Å². The Morgan fingerprint density at radius 3 is 2.68 bits per heavy atom. The highest BCUT2D eigenvalue weighted by atomic mass is 16.5. The number of hydrogen-bond acceptors (Lipinski definition) is 4. The molecule has 0 spiro atoms. The quantitative estimate of drug-likeness (QED) is 0.940. The van der Waals surface area contributed by atoms with E-state index in [2.05, 4.69) is 20.1 Å². The van der Waals surface area contributed by atoms with Crippen molar-refractivity contribution < 1.29 is 9.53 Å². The molecule has 6 heteroatoms. The van der Waals surface area contributed by atoms with Crippen molar-refractivity contribution in [2.24, 2.45) is 0 Å². The molecule has 1 aromatic heterocycles. The first-order valence-corrected chi connectivity index (χ1v) is 7.65. The molecule has 1 aromatic carbocycles. The molecule has 2 aromatic rings. The third kappa shape index (κ3) is 2.24. The summed E-state index contributed by atoms with van der Waals surface area (Å²) in [6, 6.07) is 7.18. The Bertz CT molecular complexity index is 703. The Morgan fingerprint density at radius 2 is 2.00 bits per heavy atom. The van der Waals surface area contributed by atoms with Crippen molar-refractivity contribution >= 4 is 11.6 Å². The molecule has 1 N–H and O–H groups in total. The molecule has 2 aliphatic rings. The van der Waals surface area contributed by atoms with Crippen LogP contribution >= 0.6 is 0 Å². The standard InChI is InChI=1S/C16H18N4O2/c1-22-12-6-4-11(5-7-12)17-16(21)13-8-9-14-18-19-15(20(13)14)10-2-3-10/h4-7,10,13H,2-3,8-9H2,1H3,(H,17,21). The van der Waals surface area contributed by atoms with Gasteiger partial charge in [0.25, 0.3) is 0 Å². The number of nitrogens with zero attached hydrogens (tertiary/aromatic N) is 3. The summed E-state index contributed by atoms with van der Waals surface area (Å²) in [6.45, 7) is 0. The second-order valence-electron chi connectivity index (χ2n) is 5.89. The van der Waals surface area contributed by atoms with E-state index in [1.54, 1.807) is 7.11 Å². The van der Waals surface area contributed by atoms with Crippen molar-refractivity contribution in [3.05, 3.63) is 35.9 Å². The van der Waals surface area contributed by atoms with Crippen LogP contribution in [0.4, 0.5) is 5.69 Å². The fourth-order valence-corrected chi connectivity index (χ4v) is 3.01. The Balaban J connectivity index is 1.53. The Morgan fingerprint density at radius 1 is 1.23 bits per heavy atom. The van der Waals surface area contributed by atoms with E-state index in [1.807, 2.05) is 24.3 Å². The highest BCUT2D eigenvalue weighted by Gasteiger charge is 2.37. The van der Waals surface area contributed by atoms with E-state index in [0.717, 1.165) is 48.8 Å². The normalized spacial score (nSPS) is 19.8. The molecule has 114 valence electrons. The van der Waals surface area contributed by atoms with Crippen LogP contribution in [0, 0.1) is 0 Å². The monoisotopic (exact) mass is 298 g/mol. The number of nitrogens with one attached hydrogen (secondary N) is 1. The minimum Gasteiger partial charge on any atom is -0.497 e. The lowest BCUT2D eigenvalue weighted by molar-refractivity contribution is -0.119. The fraction of sp³-hybridized carbons (Fsp3) is 0.438. The SMILES string of the molecule is COc1ccc(NC(=O)C2CCc3nnc(C4CC4)n32)cc1. The molecule has 1 unspecified atom stereocenters. The number of aryl methyl sites for hydroxylation is 1. The number of benzene rings is 1. The summed E-state index contributed by atoms with van der Waals surface area (Å²) in [5.74, 6) is 3.20. The third-order valence-electron chi connectivity index (χ3n) is 4.35. The lowest BCUT2D eigenvalue weighted by atomic mass is 10.2. The van der Waals surface area contributed by atoms with E-state index in [-0.39, 0.29) is 11.9 Å². The number of rotatable bonds is 4. The summed E-state index contributed by atoms with van der Waals surface area (Å²) in [4.78, 5) is 12.6. The van der Waals surface area contributed by atoms with E-state index in [1.165, 1.54) is 0 Å². The molecule has 0 bridgehead atoms. The van der Waals surface area contributed by atoms with Crippen LogP contribution in [-0.4, -0.2) is 27.8 Å². The van der Waals surface area contributed by atoms with E-state index in [4.69, 9.17) is 4.74 Å². The topological polar surface area (TPSA) is 69.0 Å². The minimum absolute atomic E-state index is 0.00520. The zero-order chi connectivity index (χ0) is 15.1. The number of aromatic nitrogens is 3. The van der Waals surface area contributed by atoms with Gasteiger partial charge in [-0.3, -0.25) is 4.79 Å². The maximum absolute atomic E-state index is 12.6. The summed E-state index contributed by atoms with van der Waals surface area (Å²) in [5, 5.41) is 11.5. The van der Waals surface area contributed by atoms with Crippen molar-refractivity contribution in [1.29, 1.82) is 0 Å². The summed E-state index contributed by atoms with van der Waals surface area (Å²) in [7, 11) is 1.62. The number of ether oxygens (including phenoxy) is 1. The van der Waals surface area contributed by atoms with Gasteiger partial charge < -0.3 is 14.6 Å². The number of amides is 1. The molecular formula is C16H18N4O2. The summed E-state index contributed by atoms with van der Waals surface area (Å²) >= 11 is 0. The minimum atomic E-state index is -0.192. The molecule has 6 nitrogen and oxygen atoms in total. The van der Waals surface area contributed by atoms with Crippen LogP contribution in [0.2, 0.25) is 0 Å². The maximum Gasteiger partial charge on any atom is 0.247 e. The number of anilines is 1. The zero-order valence-electron chi connectivity index (χ0n) is 12.5. The Labute approximate surface area is 128 Å². The van der Waals surface area contributed by atoms with Gasteiger partial charge in [-0.05, 0) is 43.5 Å². The molecule has 22 heavy (non-hydrogen) atoms. The first-order valence-electron chi connectivity index (χ1n) is 7.65. The fourth-order valence-electron chi connectivity index (χ4n) is 3.01. The molecule has 2 heterocycles. The molecule has 1 amide bonds. The Hall–Kier alpha value is -2.37. The smallest absolute Gasteiger partial charge is 0.247 e. The number of methoxy groups -OCH3 is 1. The molecule has 1 atom stereocenters. The van der Waals surface area contributed by atoms with Gasteiger partial charge in [-0.25, -0.2) is 0 Å². The van der Waals surface area contributed by atoms with Gasteiger partial charge in [0.2, 0.25) is 5.91 Å². The van der Waals surface area contributed by atoms with Crippen molar-refractivity contribution in [3.8, 4) is 5.75 Å². The van der Waals surface area contributed by atoms with E-state index < -0.39 is 0 Å². The highest BCUT2D eigenvalue weighted by Crippen LogP contribution is 2.42. The number of hydrogen-bond donors (Lipinski definition) is 1.